The summed E-state index contributed by atoms with van der Waals surface area (Å²) in [6, 6.07) is 11.1. The zero-order valence-corrected chi connectivity index (χ0v) is 12.2. The van der Waals surface area contributed by atoms with Gasteiger partial charge in [-0.15, -0.1) is 0 Å². The van der Waals surface area contributed by atoms with Crippen molar-refractivity contribution in [2.45, 2.75) is 18.9 Å². The molecule has 1 saturated heterocycles. The number of benzene rings is 1. The Hall–Kier alpha value is -2.47. The third-order valence-corrected chi connectivity index (χ3v) is 3.61. The lowest BCUT2D eigenvalue weighted by Gasteiger charge is -2.23. The van der Waals surface area contributed by atoms with E-state index in [1.165, 1.54) is 0 Å². The Morgan fingerprint density at radius 2 is 1.91 bits per heavy atom. The summed E-state index contributed by atoms with van der Waals surface area (Å²) in [7, 11) is 0. The minimum atomic E-state index is -0.174. The Kier molecular flexibility index (Phi) is 4.60. The maximum Gasteiger partial charge on any atom is 0.256 e. The van der Waals surface area contributed by atoms with Gasteiger partial charge in [-0.3, -0.25) is 4.79 Å². The van der Waals surface area contributed by atoms with E-state index in [1.54, 1.807) is 24.4 Å². The van der Waals surface area contributed by atoms with Crippen LogP contribution in [0.4, 0.5) is 11.8 Å². The van der Waals surface area contributed by atoms with Gasteiger partial charge in [0, 0.05) is 17.8 Å². The molecule has 1 aliphatic rings. The third kappa shape index (κ3) is 3.79. The van der Waals surface area contributed by atoms with E-state index in [0.717, 1.165) is 25.9 Å². The topological polar surface area (TPSA) is 78.9 Å². The smallest absolute Gasteiger partial charge is 0.256 e. The number of rotatable bonds is 4. The van der Waals surface area contributed by atoms with Gasteiger partial charge < -0.3 is 16.0 Å². The van der Waals surface area contributed by atoms with E-state index in [4.69, 9.17) is 0 Å². The molecule has 22 heavy (non-hydrogen) atoms. The van der Waals surface area contributed by atoms with E-state index >= 15 is 0 Å². The molecule has 3 N–H and O–H groups in total. The van der Waals surface area contributed by atoms with Crippen molar-refractivity contribution in [2.24, 2.45) is 0 Å². The fraction of sp³-hybridized carbons (Fsp3) is 0.312. The van der Waals surface area contributed by atoms with Crippen LogP contribution in [0.2, 0.25) is 0 Å². The van der Waals surface area contributed by atoms with E-state index in [2.05, 4.69) is 25.9 Å². The van der Waals surface area contributed by atoms with E-state index in [-0.39, 0.29) is 5.91 Å². The molecule has 3 rings (SSSR count). The van der Waals surface area contributed by atoms with Crippen LogP contribution in [0.5, 0.6) is 0 Å². The largest absolute Gasteiger partial charge is 0.351 e. The number of hydrogen-bond donors (Lipinski definition) is 3. The summed E-state index contributed by atoms with van der Waals surface area (Å²) in [6.07, 6.45) is 3.74. The molecule has 1 fully saturated rings. The lowest BCUT2D eigenvalue weighted by molar-refractivity contribution is 0.102. The Morgan fingerprint density at radius 3 is 2.68 bits per heavy atom. The number of hydrogen-bond acceptors (Lipinski definition) is 5. The minimum absolute atomic E-state index is 0.174. The number of piperidine rings is 1. The number of amides is 1. The zero-order valence-electron chi connectivity index (χ0n) is 12.2. The summed E-state index contributed by atoms with van der Waals surface area (Å²) >= 11 is 0. The van der Waals surface area contributed by atoms with Gasteiger partial charge in [0.2, 0.25) is 5.95 Å². The van der Waals surface area contributed by atoms with Crippen LogP contribution >= 0.6 is 0 Å². The first-order valence-electron chi connectivity index (χ1n) is 7.48. The molecular weight excluding hydrogens is 278 g/mol. The van der Waals surface area contributed by atoms with E-state index in [9.17, 15) is 4.79 Å². The van der Waals surface area contributed by atoms with Crippen LogP contribution in [0.25, 0.3) is 0 Å². The number of carbonyl (C=O) groups excluding carboxylic acids is 1. The van der Waals surface area contributed by atoms with Gasteiger partial charge in [-0.2, -0.15) is 4.98 Å². The summed E-state index contributed by atoms with van der Waals surface area (Å²) in [6.45, 7) is 2.00. The standard InChI is InChI=1S/C16H19N5O/c22-15(12-4-2-1-3-5-12)20-14-8-11-18-16(21-14)19-13-6-9-17-10-7-13/h1-5,8,11,13,17H,6-7,9-10H2,(H2,18,19,20,21,22). The summed E-state index contributed by atoms with van der Waals surface area (Å²) in [5.41, 5.74) is 0.606. The highest BCUT2D eigenvalue weighted by Gasteiger charge is 2.14. The molecule has 114 valence electrons. The van der Waals surface area contributed by atoms with Crippen molar-refractivity contribution in [1.82, 2.24) is 15.3 Å². The summed E-state index contributed by atoms with van der Waals surface area (Å²) < 4.78 is 0. The molecule has 1 amide bonds. The first-order valence-corrected chi connectivity index (χ1v) is 7.48. The Labute approximate surface area is 129 Å². The normalized spacial score (nSPS) is 15.3. The molecule has 2 heterocycles. The van der Waals surface area contributed by atoms with Gasteiger partial charge in [0.25, 0.3) is 5.91 Å². The average Bonchev–Trinajstić information content (AvgIpc) is 2.57. The second-order valence-corrected chi connectivity index (χ2v) is 5.25. The quantitative estimate of drug-likeness (QED) is 0.803. The maximum atomic E-state index is 12.1. The summed E-state index contributed by atoms with van der Waals surface area (Å²) in [4.78, 5) is 20.7. The Bertz CT molecular complexity index is 625. The highest BCUT2D eigenvalue weighted by molar-refractivity contribution is 6.03. The van der Waals surface area contributed by atoms with Crippen molar-refractivity contribution in [1.29, 1.82) is 0 Å². The van der Waals surface area contributed by atoms with Gasteiger partial charge >= 0.3 is 0 Å². The van der Waals surface area contributed by atoms with Crippen LogP contribution in [0.15, 0.2) is 42.6 Å². The fourth-order valence-electron chi connectivity index (χ4n) is 2.42. The molecule has 6 nitrogen and oxygen atoms in total. The molecule has 0 atom stereocenters. The van der Waals surface area contributed by atoms with Crippen LogP contribution in [0, 0.1) is 0 Å². The van der Waals surface area contributed by atoms with Gasteiger partial charge in [-0.05, 0) is 44.1 Å². The molecule has 0 saturated carbocycles. The highest BCUT2D eigenvalue weighted by atomic mass is 16.1. The zero-order chi connectivity index (χ0) is 15.2. The number of aromatic nitrogens is 2. The average molecular weight is 297 g/mol. The lowest BCUT2D eigenvalue weighted by Crippen LogP contribution is -2.35. The molecule has 1 aromatic heterocycles. The van der Waals surface area contributed by atoms with Crippen LogP contribution in [0.1, 0.15) is 23.2 Å². The van der Waals surface area contributed by atoms with E-state index < -0.39 is 0 Å². The molecule has 2 aromatic rings. The molecule has 1 aliphatic heterocycles. The van der Waals surface area contributed by atoms with Crippen LogP contribution in [0.3, 0.4) is 0 Å². The van der Waals surface area contributed by atoms with Crippen LogP contribution in [-0.2, 0) is 0 Å². The number of anilines is 2. The molecule has 6 heteroatoms. The van der Waals surface area contributed by atoms with Crippen molar-refractivity contribution >= 4 is 17.7 Å². The molecule has 0 unspecified atom stereocenters. The number of carbonyl (C=O) groups is 1. The highest BCUT2D eigenvalue weighted by Crippen LogP contribution is 2.12. The molecular formula is C16H19N5O. The summed E-state index contributed by atoms with van der Waals surface area (Å²) in [5.74, 6) is 0.880. The first kappa shape index (κ1) is 14.5. The van der Waals surface area contributed by atoms with E-state index in [0.29, 0.717) is 23.4 Å². The minimum Gasteiger partial charge on any atom is -0.351 e. The third-order valence-electron chi connectivity index (χ3n) is 3.61. The molecule has 0 aliphatic carbocycles. The van der Waals surface area contributed by atoms with Gasteiger partial charge in [-0.25, -0.2) is 4.98 Å². The van der Waals surface area contributed by atoms with Crippen LogP contribution < -0.4 is 16.0 Å². The maximum absolute atomic E-state index is 12.1. The van der Waals surface area contributed by atoms with Crippen molar-refractivity contribution < 1.29 is 4.79 Å². The monoisotopic (exact) mass is 297 g/mol. The molecule has 0 bridgehead atoms. The van der Waals surface area contributed by atoms with Crippen LogP contribution in [-0.4, -0.2) is 35.0 Å². The van der Waals surface area contributed by atoms with Gasteiger partial charge in [-0.1, -0.05) is 18.2 Å². The SMILES string of the molecule is O=C(Nc1ccnc(NC2CCNCC2)n1)c1ccccc1. The van der Waals surface area contributed by atoms with Gasteiger partial charge in [0.05, 0.1) is 0 Å². The summed E-state index contributed by atoms with van der Waals surface area (Å²) in [5, 5.41) is 9.43. The second-order valence-electron chi connectivity index (χ2n) is 5.25. The molecule has 0 radical (unpaired) electrons. The predicted molar refractivity (Wildman–Crippen MR) is 85.9 cm³/mol. The van der Waals surface area contributed by atoms with Gasteiger partial charge in [0.15, 0.2) is 0 Å². The Morgan fingerprint density at radius 1 is 1.14 bits per heavy atom. The molecule has 0 spiro atoms. The molecule has 1 aromatic carbocycles. The fourth-order valence-corrected chi connectivity index (χ4v) is 2.42. The second kappa shape index (κ2) is 7.00. The van der Waals surface area contributed by atoms with Gasteiger partial charge in [0.1, 0.15) is 5.82 Å². The van der Waals surface area contributed by atoms with E-state index in [1.807, 2.05) is 18.2 Å². The van der Waals surface area contributed by atoms with Crippen molar-refractivity contribution in [3.63, 3.8) is 0 Å². The Balaban J connectivity index is 1.64. The van der Waals surface area contributed by atoms with Crippen molar-refractivity contribution in [3.8, 4) is 0 Å². The predicted octanol–water partition coefficient (Wildman–Crippen LogP) is 1.89. The number of nitrogens with one attached hydrogen (secondary N) is 3. The number of nitrogens with zero attached hydrogens (tertiary/aromatic N) is 2. The van der Waals surface area contributed by atoms with Crippen molar-refractivity contribution in [2.75, 3.05) is 23.7 Å². The van der Waals surface area contributed by atoms with Crippen molar-refractivity contribution in [3.05, 3.63) is 48.2 Å². The first-order chi connectivity index (χ1) is 10.8. The lowest BCUT2D eigenvalue weighted by atomic mass is 10.1.